The van der Waals surface area contributed by atoms with Crippen molar-refractivity contribution in [3.8, 4) is 0 Å². The van der Waals surface area contributed by atoms with Gasteiger partial charge in [-0.3, -0.25) is 14.4 Å². The summed E-state index contributed by atoms with van der Waals surface area (Å²) in [5.41, 5.74) is 0. The van der Waals surface area contributed by atoms with E-state index in [2.05, 4.69) is 81.5 Å². The average molecular weight is 1020 g/mol. The first-order valence-corrected chi connectivity index (χ1v) is 31.8. The number of esters is 3. The van der Waals surface area contributed by atoms with E-state index >= 15 is 0 Å². The first kappa shape index (κ1) is 70.1. The molecule has 6 heteroatoms. The molecule has 73 heavy (non-hydrogen) atoms. The molecule has 0 aliphatic heterocycles. The van der Waals surface area contributed by atoms with Crippen molar-refractivity contribution in [2.75, 3.05) is 13.2 Å². The van der Waals surface area contributed by atoms with Crippen LogP contribution in [-0.4, -0.2) is 37.2 Å². The summed E-state index contributed by atoms with van der Waals surface area (Å²) in [6, 6.07) is 0. The molecule has 0 fully saturated rings. The van der Waals surface area contributed by atoms with Crippen LogP contribution in [0.15, 0.2) is 60.8 Å². The van der Waals surface area contributed by atoms with Crippen LogP contribution in [0.2, 0.25) is 0 Å². The highest BCUT2D eigenvalue weighted by atomic mass is 16.6. The summed E-state index contributed by atoms with van der Waals surface area (Å²) in [6.07, 6.45) is 78.5. The largest absolute Gasteiger partial charge is 0.462 e. The molecule has 424 valence electrons. The minimum atomic E-state index is -0.800. The molecule has 0 heterocycles. The van der Waals surface area contributed by atoms with Crippen LogP contribution in [-0.2, 0) is 28.6 Å². The number of ether oxygens (including phenoxy) is 3. The van der Waals surface area contributed by atoms with Crippen LogP contribution in [0.4, 0.5) is 0 Å². The van der Waals surface area contributed by atoms with Crippen LogP contribution >= 0.6 is 0 Å². The standard InChI is InChI=1S/C67H120O6/c1-4-7-10-13-16-19-21-23-25-27-28-29-30-31-32-33-34-35-36-37-38-39-41-42-44-46-48-51-54-57-60-66(69)72-63-64(62-71-65(68)59-56-53-50-18-15-12-9-6-3)73-67(70)61-58-55-52-49-47-45-43-40-26-24-22-20-17-14-11-8-5-2/h8,11,17,20,24,26,43,45,49,52,64H,4-7,9-10,12-16,18-19,21-23,25,27-42,44,46-48,50-51,53-63H2,1-3H3/b11-8-,20-17-,26-24-,45-43-,52-49-. The monoisotopic (exact) mass is 1020 g/mol. The van der Waals surface area contributed by atoms with Gasteiger partial charge in [0.05, 0.1) is 0 Å². The molecule has 0 amide bonds. The van der Waals surface area contributed by atoms with Crippen LogP contribution in [0.25, 0.3) is 0 Å². The zero-order valence-corrected chi connectivity index (χ0v) is 48.7. The highest BCUT2D eigenvalue weighted by Gasteiger charge is 2.19. The Hall–Kier alpha value is -2.89. The van der Waals surface area contributed by atoms with Crippen molar-refractivity contribution in [1.82, 2.24) is 0 Å². The van der Waals surface area contributed by atoms with E-state index in [0.29, 0.717) is 19.3 Å². The fourth-order valence-corrected chi connectivity index (χ4v) is 9.31. The van der Waals surface area contributed by atoms with Gasteiger partial charge in [-0.15, -0.1) is 0 Å². The van der Waals surface area contributed by atoms with Gasteiger partial charge in [0.15, 0.2) is 6.10 Å². The fraction of sp³-hybridized carbons (Fsp3) is 0.806. The van der Waals surface area contributed by atoms with Gasteiger partial charge in [-0.1, -0.05) is 313 Å². The molecule has 0 N–H and O–H groups in total. The highest BCUT2D eigenvalue weighted by Crippen LogP contribution is 2.18. The van der Waals surface area contributed by atoms with Crippen LogP contribution in [0.5, 0.6) is 0 Å². The third kappa shape index (κ3) is 59.9. The first-order valence-electron chi connectivity index (χ1n) is 31.8. The predicted molar refractivity (Wildman–Crippen MR) is 316 cm³/mol. The van der Waals surface area contributed by atoms with Gasteiger partial charge in [-0.2, -0.15) is 0 Å². The van der Waals surface area contributed by atoms with Gasteiger partial charge >= 0.3 is 17.9 Å². The Morgan fingerprint density at radius 2 is 0.534 bits per heavy atom. The second-order valence-electron chi connectivity index (χ2n) is 21.3. The van der Waals surface area contributed by atoms with E-state index in [1.807, 2.05) is 0 Å². The number of unbranched alkanes of at least 4 members (excludes halogenated alkanes) is 37. The van der Waals surface area contributed by atoms with E-state index in [1.54, 1.807) is 0 Å². The van der Waals surface area contributed by atoms with Gasteiger partial charge in [0, 0.05) is 19.3 Å². The minimum Gasteiger partial charge on any atom is -0.462 e. The summed E-state index contributed by atoms with van der Waals surface area (Å²) in [5.74, 6) is -0.943. The van der Waals surface area contributed by atoms with Crippen molar-refractivity contribution in [2.24, 2.45) is 0 Å². The van der Waals surface area contributed by atoms with Gasteiger partial charge in [-0.05, 0) is 57.8 Å². The van der Waals surface area contributed by atoms with E-state index in [0.717, 1.165) is 77.0 Å². The van der Waals surface area contributed by atoms with Crippen molar-refractivity contribution >= 4 is 17.9 Å². The Morgan fingerprint density at radius 1 is 0.288 bits per heavy atom. The number of allylic oxidation sites excluding steroid dienone is 10. The molecule has 0 radical (unpaired) electrons. The topological polar surface area (TPSA) is 78.9 Å². The van der Waals surface area contributed by atoms with Gasteiger partial charge in [0.1, 0.15) is 13.2 Å². The Kier molecular flexibility index (Phi) is 59.2. The molecule has 0 aliphatic rings. The molecule has 0 aromatic rings. The Morgan fingerprint density at radius 3 is 0.822 bits per heavy atom. The van der Waals surface area contributed by atoms with Gasteiger partial charge < -0.3 is 14.2 Å². The Labute approximate surface area is 453 Å². The normalized spacial score (nSPS) is 12.4. The maximum absolute atomic E-state index is 12.8. The summed E-state index contributed by atoms with van der Waals surface area (Å²) >= 11 is 0. The molecule has 0 saturated carbocycles. The quantitative estimate of drug-likeness (QED) is 0.0261. The van der Waals surface area contributed by atoms with Crippen molar-refractivity contribution in [2.45, 2.75) is 335 Å². The maximum Gasteiger partial charge on any atom is 0.306 e. The molecule has 0 rings (SSSR count). The Balaban J connectivity index is 4.09. The summed E-state index contributed by atoms with van der Waals surface area (Å²) < 4.78 is 16.8. The van der Waals surface area contributed by atoms with Gasteiger partial charge in [0.25, 0.3) is 0 Å². The van der Waals surface area contributed by atoms with E-state index in [9.17, 15) is 14.4 Å². The molecule has 1 unspecified atom stereocenters. The average Bonchev–Trinajstić information content (AvgIpc) is 3.39. The number of carbonyl (C=O) groups excluding carboxylic acids is 3. The molecule has 0 spiro atoms. The second-order valence-corrected chi connectivity index (χ2v) is 21.3. The third-order valence-corrected chi connectivity index (χ3v) is 14.0. The summed E-state index contributed by atoms with van der Waals surface area (Å²) in [5, 5.41) is 0. The molecule has 0 aromatic heterocycles. The highest BCUT2D eigenvalue weighted by molar-refractivity contribution is 5.71. The molecule has 0 aromatic carbocycles. The van der Waals surface area contributed by atoms with E-state index in [-0.39, 0.29) is 37.5 Å². The Bertz CT molecular complexity index is 1310. The number of rotatable bonds is 58. The fourth-order valence-electron chi connectivity index (χ4n) is 9.31. The lowest BCUT2D eigenvalue weighted by atomic mass is 10.0. The van der Waals surface area contributed by atoms with Crippen molar-refractivity contribution in [3.05, 3.63) is 60.8 Å². The number of hydrogen-bond donors (Lipinski definition) is 0. The van der Waals surface area contributed by atoms with Crippen LogP contribution in [0, 0.1) is 0 Å². The number of hydrogen-bond acceptors (Lipinski definition) is 6. The minimum absolute atomic E-state index is 0.0933. The molecule has 6 nitrogen and oxygen atoms in total. The second kappa shape index (κ2) is 61.7. The van der Waals surface area contributed by atoms with E-state index in [1.165, 1.54) is 205 Å². The first-order chi connectivity index (χ1) is 36.0. The molecular formula is C67H120O6. The van der Waals surface area contributed by atoms with Gasteiger partial charge in [0.2, 0.25) is 0 Å². The van der Waals surface area contributed by atoms with Crippen molar-refractivity contribution in [3.63, 3.8) is 0 Å². The van der Waals surface area contributed by atoms with Crippen LogP contribution < -0.4 is 0 Å². The maximum atomic E-state index is 12.8. The molecule has 0 bridgehead atoms. The lowest BCUT2D eigenvalue weighted by Gasteiger charge is -2.18. The molecule has 0 saturated heterocycles. The SMILES string of the molecule is CC/C=C\C/C=C\C/C=C\C/C=C\C/C=C\CCCC(=O)OC(COC(=O)CCCCCCCCCC)COC(=O)CCCCCCCCCCCCCCCCCCCCCCCCCCCCCCCC. The zero-order chi connectivity index (χ0) is 52.9. The molecule has 1 atom stereocenters. The summed E-state index contributed by atoms with van der Waals surface area (Å²) in [7, 11) is 0. The predicted octanol–water partition coefficient (Wildman–Crippen LogP) is 21.6. The van der Waals surface area contributed by atoms with Crippen molar-refractivity contribution < 1.29 is 28.6 Å². The van der Waals surface area contributed by atoms with Crippen LogP contribution in [0.3, 0.4) is 0 Å². The smallest absolute Gasteiger partial charge is 0.306 e. The van der Waals surface area contributed by atoms with E-state index in [4.69, 9.17) is 14.2 Å². The third-order valence-electron chi connectivity index (χ3n) is 14.0. The van der Waals surface area contributed by atoms with Crippen molar-refractivity contribution in [1.29, 1.82) is 0 Å². The van der Waals surface area contributed by atoms with Crippen LogP contribution in [0.1, 0.15) is 329 Å². The summed E-state index contributed by atoms with van der Waals surface area (Å²) in [4.78, 5) is 38.0. The van der Waals surface area contributed by atoms with E-state index < -0.39 is 6.10 Å². The van der Waals surface area contributed by atoms with Gasteiger partial charge in [-0.25, -0.2) is 0 Å². The number of carbonyl (C=O) groups is 3. The lowest BCUT2D eigenvalue weighted by Crippen LogP contribution is -2.30. The lowest BCUT2D eigenvalue weighted by molar-refractivity contribution is -0.167. The molecular weight excluding hydrogens is 901 g/mol. The molecule has 0 aliphatic carbocycles. The zero-order valence-electron chi connectivity index (χ0n) is 48.7. The summed E-state index contributed by atoms with van der Waals surface area (Å²) in [6.45, 7) is 6.49.